The minimum atomic E-state index is -3.23. The maximum Gasteiger partial charge on any atom is 0.236 e. The van der Waals surface area contributed by atoms with Crippen molar-refractivity contribution in [3.8, 4) is 0 Å². The first-order chi connectivity index (χ1) is 6.58. The summed E-state index contributed by atoms with van der Waals surface area (Å²) in [5, 5.41) is 0.0317. The molecule has 1 N–H and O–H groups in total. The highest BCUT2D eigenvalue weighted by molar-refractivity contribution is 7.93. The maximum atomic E-state index is 11.5. The highest BCUT2D eigenvalue weighted by Crippen LogP contribution is 2.29. The third kappa shape index (κ3) is 2.16. The molecule has 0 saturated heterocycles. The van der Waals surface area contributed by atoms with E-state index in [4.69, 9.17) is 11.6 Å². The van der Waals surface area contributed by atoms with Gasteiger partial charge in [0.15, 0.2) is 0 Å². The van der Waals surface area contributed by atoms with E-state index in [0.717, 1.165) is 12.8 Å². The summed E-state index contributed by atoms with van der Waals surface area (Å²) in [5.41, 5.74) is 0. The Bertz CT molecular complexity index is 442. The predicted octanol–water partition coefficient (Wildman–Crippen LogP) is 1.64. The van der Waals surface area contributed by atoms with E-state index in [1.165, 1.54) is 0 Å². The van der Waals surface area contributed by atoms with E-state index in [2.05, 4.69) is 9.71 Å². The van der Waals surface area contributed by atoms with Crippen LogP contribution in [0.1, 0.15) is 12.8 Å². The molecule has 1 aliphatic rings. The van der Waals surface area contributed by atoms with Crippen LogP contribution >= 0.6 is 11.6 Å². The second kappa shape index (κ2) is 3.40. The van der Waals surface area contributed by atoms with Crippen LogP contribution in [-0.2, 0) is 10.0 Å². The molecular formula is C8H9ClN2O2S. The summed E-state index contributed by atoms with van der Waals surface area (Å²) in [6, 6.07) is 4.82. The number of nitrogens with one attached hydrogen (secondary N) is 1. The van der Waals surface area contributed by atoms with Crippen molar-refractivity contribution in [3.05, 3.63) is 23.4 Å². The highest BCUT2D eigenvalue weighted by Gasteiger charge is 2.35. The number of hydrogen-bond acceptors (Lipinski definition) is 3. The Morgan fingerprint density at radius 2 is 2.14 bits per heavy atom. The van der Waals surface area contributed by atoms with Gasteiger partial charge in [0.05, 0.1) is 5.25 Å². The molecule has 2 rings (SSSR count). The maximum absolute atomic E-state index is 11.5. The van der Waals surface area contributed by atoms with E-state index < -0.39 is 10.0 Å². The molecule has 0 unspecified atom stereocenters. The van der Waals surface area contributed by atoms with Crippen LogP contribution in [0.5, 0.6) is 0 Å². The third-order valence-electron chi connectivity index (χ3n) is 1.93. The van der Waals surface area contributed by atoms with Gasteiger partial charge < -0.3 is 0 Å². The van der Waals surface area contributed by atoms with Gasteiger partial charge in [0.25, 0.3) is 0 Å². The molecule has 4 nitrogen and oxygen atoms in total. The van der Waals surface area contributed by atoms with Crippen molar-refractivity contribution in [1.29, 1.82) is 0 Å². The lowest BCUT2D eigenvalue weighted by atomic mass is 10.5. The molecule has 0 atom stereocenters. The van der Waals surface area contributed by atoms with Gasteiger partial charge in [-0.25, -0.2) is 13.4 Å². The number of sulfonamides is 1. The molecule has 1 aromatic rings. The molecule has 0 spiro atoms. The van der Waals surface area contributed by atoms with Crippen molar-refractivity contribution in [2.24, 2.45) is 0 Å². The second-order valence-corrected chi connectivity index (χ2v) is 5.54. The van der Waals surface area contributed by atoms with Crippen LogP contribution in [-0.4, -0.2) is 18.7 Å². The van der Waals surface area contributed by atoms with E-state index in [1.807, 2.05) is 0 Å². The summed E-state index contributed by atoms with van der Waals surface area (Å²) in [6.07, 6.45) is 1.46. The largest absolute Gasteiger partial charge is 0.267 e. The zero-order chi connectivity index (χ0) is 10.2. The number of hydrogen-bond donors (Lipinski definition) is 1. The fraction of sp³-hybridized carbons (Fsp3) is 0.375. The minimum Gasteiger partial charge on any atom is -0.267 e. The molecule has 0 amide bonds. The molecule has 0 radical (unpaired) electrons. The number of rotatable bonds is 3. The van der Waals surface area contributed by atoms with Gasteiger partial charge in [-0.1, -0.05) is 17.7 Å². The van der Waals surface area contributed by atoms with E-state index in [-0.39, 0.29) is 16.2 Å². The van der Waals surface area contributed by atoms with Crippen molar-refractivity contribution >= 4 is 27.4 Å². The van der Waals surface area contributed by atoms with Crippen LogP contribution in [0, 0.1) is 0 Å². The molecule has 76 valence electrons. The van der Waals surface area contributed by atoms with Crippen molar-refractivity contribution in [2.75, 3.05) is 4.72 Å². The fourth-order valence-corrected chi connectivity index (χ4v) is 2.56. The lowest BCUT2D eigenvalue weighted by Gasteiger charge is -2.05. The monoisotopic (exact) mass is 232 g/mol. The van der Waals surface area contributed by atoms with Crippen molar-refractivity contribution in [3.63, 3.8) is 0 Å². The van der Waals surface area contributed by atoms with Gasteiger partial charge in [-0.05, 0) is 25.0 Å². The summed E-state index contributed by atoms with van der Waals surface area (Å²) < 4.78 is 25.4. The lowest BCUT2D eigenvalue weighted by molar-refractivity contribution is 0.600. The lowest BCUT2D eigenvalue weighted by Crippen LogP contribution is -2.17. The van der Waals surface area contributed by atoms with Crippen LogP contribution in [0.15, 0.2) is 18.2 Å². The van der Waals surface area contributed by atoms with Crippen molar-refractivity contribution < 1.29 is 8.42 Å². The van der Waals surface area contributed by atoms with E-state index in [0.29, 0.717) is 0 Å². The van der Waals surface area contributed by atoms with Gasteiger partial charge in [0.2, 0.25) is 10.0 Å². The molecule has 6 heteroatoms. The van der Waals surface area contributed by atoms with Gasteiger partial charge in [-0.15, -0.1) is 0 Å². The Kier molecular flexibility index (Phi) is 2.36. The number of pyridine rings is 1. The first-order valence-corrected chi connectivity index (χ1v) is 6.14. The van der Waals surface area contributed by atoms with Gasteiger partial charge in [0.1, 0.15) is 11.0 Å². The van der Waals surface area contributed by atoms with E-state index >= 15 is 0 Å². The van der Waals surface area contributed by atoms with Crippen molar-refractivity contribution in [1.82, 2.24) is 4.98 Å². The molecule has 0 bridgehead atoms. The quantitative estimate of drug-likeness (QED) is 0.806. The number of nitrogens with zero attached hydrogens (tertiary/aromatic N) is 1. The van der Waals surface area contributed by atoms with E-state index in [9.17, 15) is 8.42 Å². The molecular weight excluding hydrogens is 224 g/mol. The second-order valence-electron chi connectivity index (χ2n) is 3.19. The van der Waals surface area contributed by atoms with Gasteiger partial charge in [-0.3, -0.25) is 4.72 Å². The summed E-state index contributed by atoms with van der Waals surface area (Å²) in [5.74, 6) is 0.282. The van der Waals surface area contributed by atoms with Gasteiger partial charge >= 0.3 is 0 Å². The van der Waals surface area contributed by atoms with Crippen LogP contribution in [0.3, 0.4) is 0 Å². The third-order valence-corrected chi connectivity index (χ3v) is 3.98. The Hall–Kier alpha value is -0.810. The zero-order valence-corrected chi connectivity index (χ0v) is 8.85. The number of halogens is 1. The molecule has 1 saturated carbocycles. The molecule has 0 aliphatic heterocycles. The standard InChI is InChI=1S/C8H9ClN2O2S/c9-7-2-1-3-8(10-7)11-14(12,13)6-4-5-6/h1-3,6H,4-5H2,(H,10,11). The Morgan fingerprint density at radius 3 is 2.71 bits per heavy atom. The summed E-state index contributed by atoms with van der Waals surface area (Å²) in [4.78, 5) is 3.84. The zero-order valence-electron chi connectivity index (χ0n) is 7.27. The average Bonchev–Trinajstić information content (AvgIpc) is 2.84. The first kappa shape index (κ1) is 9.73. The molecule has 14 heavy (non-hydrogen) atoms. The Labute approximate surface area is 87.4 Å². The average molecular weight is 233 g/mol. The van der Waals surface area contributed by atoms with Gasteiger partial charge in [-0.2, -0.15) is 0 Å². The Morgan fingerprint density at radius 1 is 1.43 bits per heavy atom. The van der Waals surface area contributed by atoms with Crippen LogP contribution in [0.25, 0.3) is 0 Å². The summed E-state index contributed by atoms with van der Waals surface area (Å²) in [6.45, 7) is 0. The summed E-state index contributed by atoms with van der Waals surface area (Å²) >= 11 is 5.62. The van der Waals surface area contributed by atoms with Crippen molar-refractivity contribution in [2.45, 2.75) is 18.1 Å². The number of aromatic nitrogens is 1. The topological polar surface area (TPSA) is 59.1 Å². The van der Waals surface area contributed by atoms with Crippen LogP contribution < -0.4 is 4.72 Å². The molecule has 1 aromatic heterocycles. The molecule has 1 aliphatic carbocycles. The van der Waals surface area contributed by atoms with Crippen LogP contribution in [0.2, 0.25) is 5.15 Å². The minimum absolute atomic E-state index is 0.247. The smallest absolute Gasteiger partial charge is 0.236 e. The summed E-state index contributed by atoms with van der Waals surface area (Å²) in [7, 11) is -3.23. The van der Waals surface area contributed by atoms with Crippen LogP contribution in [0.4, 0.5) is 5.82 Å². The Balaban J connectivity index is 2.18. The SMILES string of the molecule is O=S(=O)(Nc1cccc(Cl)n1)C1CC1. The first-order valence-electron chi connectivity index (χ1n) is 4.22. The number of anilines is 1. The van der Waals surface area contributed by atoms with E-state index in [1.54, 1.807) is 18.2 Å². The normalized spacial score (nSPS) is 16.6. The van der Waals surface area contributed by atoms with Gasteiger partial charge in [0, 0.05) is 0 Å². The predicted molar refractivity (Wildman–Crippen MR) is 54.8 cm³/mol. The molecule has 0 aromatic carbocycles. The molecule has 1 fully saturated rings. The fourth-order valence-electron chi connectivity index (χ4n) is 1.07. The molecule has 1 heterocycles. The highest BCUT2D eigenvalue weighted by atomic mass is 35.5.